The summed E-state index contributed by atoms with van der Waals surface area (Å²) in [6.07, 6.45) is 11.7. The van der Waals surface area contributed by atoms with E-state index in [1.807, 2.05) is 0 Å². The first-order valence-electron chi connectivity index (χ1n) is 7.60. The van der Waals surface area contributed by atoms with Crippen molar-refractivity contribution in [2.75, 3.05) is 26.9 Å². The van der Waals surface area contributed by atoms with Gasteiger partial charge in [-0.1, -0.05) is 51.9 Å². The topological polar surface area (TPSA) is 31.0 Å². The van der Waals surface area contributed by atoms with Crippen LogP contribution in [0.25, 0.3) is 0 Å². The fraction of sp³-hybridized carbons (Fsp3) is 1.00. The predicted octanol–water partition coefficient (Wildman–Crippen LogP) is 3.56. The molecule has 1 fully saturated rings. The van der Waals surface area contributed by atoms with Gasteiger partial charge in [0.05, 0.1) is 25.9 Å². The predicted molar refractivity (Wildman–Crippen MR) is 74.0 cm³/mol. The van der Waals surface area contributed by atoms with Gasteiger partial charge in [0.15, 0.2) is 0 Å². The molecule has 0 bridgehead atoms. The van der Waals surface area contributed by atoms with E-state index in [-0.39, 0.29) is 0 Å². The smallest absolute Gasteiger partial charge is 0.107 e. The summed E-state index contributed by atoms with van der Waals surface area (Å²) in [4.78, 5) is 0. The molecule has 1 unspecified atom stereocenters. The van der Waals surface area contributed by atoms with Gasteiger partial charge in [-0.3, -0.25) is 0 Å². The molecule has 1 aliphatic heterocycles. The van der Waals surface area contributed by atoms with Crippen LogP contribution in [0.3, 0.4) is 0 Å². The summed E-state index contributed by atoms with van der Waals surface area (Å²) in [5, 5.41) is 0. The van der Waals surface area contributed by atoms with E-state index in [0.717, 1.165) is 6.61 Å². The molecule has 0 saturated carbocycles. The third-order valence-corrected chi connectivity index (χ3v) is 3.49. The zero-order chi connectivity index (χ0) is 13.1. The highest BCUT2D eigenvalue weighted by Crippen LogP contribution is 2.27. The van der Waals surface area contributed by atoms with Crippen molar-refractivity contribution in [3.05, 3.63) is 0 Å². The Kier molecular flexibility index (Phi) is 9.54. The lowest BCUT2D eigenvalue weighted by Gasteiger charge is -2.01. The van der Waals surface area contributed by atoms with Crippen molar-refractivity contribution in [2.45, 2.75) is 70.5 Å². The lowest BCUT2D eigenvalue weighted by Crippen LogP contribution is -2.09. The molecule has 1 aliphatic rings. The number of rotatable bonds is 13. The summed E-state index contributed by atoms with van der Waals surface area (Å²) in [5.41, 5.74) is 0. The summed E-state index contributed by atoms with van der Waals surface area (Å²) in [7, 11) is 1.69. The molecule has 0 amide bonds. The van der Waals surface area contributed by atoms with Crippen molar-refractivity contribution in [1.82, 2.24) is 0 Å². The first kappa shape index (κ1) is 15.9. The van der Waals surface area contributed by atoms with Crippen LogP contribution in [0.5, 0.6) is 0 Å². The van der Waals surface area contributed by atoms with Gasteiger partial charge in [-0.15, -0.1) is 0 Å². The zero-order valence-electron chi connectivity index (χ0n) is 12.2. The van der Waals surface area contributed by atoms with E-state index in [1.54, 1.807) is 7.11 Å². The minimum atomic E-state index is 0.363. The summed E-state index contributed by atoms with van der Waals surface area (Å²) in [5.74, 6) is 0. The monoisotopic (exact) mass is 258 g/mol. The number of hydrogen-bond donors (Lipinski definition) is 0. The lowest BCUT2D eigenvalue weighted by atomic mass is 10.1. The number of methoxy groups -OCH3 is 1. The van der Waals surface area contributed by atoms with E-state index >= 15 is 0 Å². The standard InChI is InChI=1S/C15H30O3/c1-3-4-5-6-7-8-9-10-14-15(18-14)13-17-12-11-16-2/h14-15H,3-13H2,1-2H3/t14?,15-/m1/s1. The molecule has 1 saturated heterocycles. The number of ether oxygens (including phenoxy) is 3. The van der Waals surface area contributed by atoms with Gasteiger partial charge in [0, 0.05) is 7.11 Å². The maximum Gasteiger partial charge on any atom is 0.107 e. The molecule has 18 heavy (non-hydrogen) atoms. The number of unbranched alkanes of at least 4 members (excludes halogenated alkanes) is 6. The highest BCUT2D eigenvalue weighted by atomic mass is 16.6. The Hall–Kier alpha value is -0.120. The van der Waals surface area contributed by atoms with Crippen molar-refractivity contribution in [3.63, 3.8) is 0 Å². The highest BCUT2D eigenvalue weighted by molar-refractivity contribution is 4.84. The summed E-state index contributed by atoms with van der Waals surface area (Å²) < 4.78 is 16.0. The third kappa shape index (κ3) is 8.06. The zero-order valence-corrected chi connectivity index (χ0v) is 12.2. The Balaban J connectivity index is 1.76. The molecule has 0 N–H and O–H groups in total. The molecule has 0 spiro atoms. The number of epoxide rings is 1. The van der Waals surface area contributed by atoms with Crippen LogP contribution in [0.2, 0.25) is 0 Å². The van der Waals surface area contributed by atoms with Crippen molar-refractivity contribution in [2.24, 2.45) is 0 Å². The van der Waals surface area contributed by atoms with Crippen LogP contribution in [0.1, 0.15) is 58.3 Å². The molecule has 0 radical (unpaired) electrons. The van der Waals surface area contributed by atoms with Gasteiger partial charge < -0.3 is 14.2 Å². The van der Waals surface area contributed by atoms with Gasteiger partial charge in [-0.05, 0) is 6.42 Å². The second-order valence-corrected chi connectivity index (χ2v) is 5.19. The molecule has 2 atom stereocenters. The molecular weight excluding hydrogens is 228 g/mol. The summed E-state index contributed by atoms with van der Waals surface area (Å²) in [6, 6.07) is 0. The Morgan fingerprint density at radius 3 is 2.33 bits per heavy atom. The Bertz CT molecular complexity index is 185. The minimum absolute atomic E-state index is 0.363. The van der Waals surface area contributed by atoms with Crippen LogP contribution >= 0.6 is 0 Å². The van der Waals surface area contributed by atoms with Crippen LogP contribution in [0.4, 0.5) is 0 Å². The maximum absolute atomic E-state index is 5.58. The molecule has 0 aromatic rings. The van der Waals surface area contributed by atoms with Gasteiger partial charge in [-0.25, -0.2) is 0 Å². The first-order chi connectivity index (χ1) is 8.88. The van der Waals surface area contributed by atoms with E-state index in [9.17, 15) is 0 Å². The van der Waals surface area contributed by atoms with Crippen LogP contribution in [0, 0.1) is 0 Å². The lowest BCUT2D eigenvalue weighted by molar-refractivity contribution is 0.0622. The fourth-order valence-electron chi connectivity index (χ4n) is 2.22. The molecule has 1 rings (SSSR count). The largest absolute Gasteiger partial charge is 0.382 e. The third-order valence-electron chi connectivity index (χ3n) is 3.49. The molecule has 0 aromatic carbocycles. The van der Waals surface area contributed by atoms with Gasteiger partial charge in [-0.2, -0.15) is 0 Å². The van der Waals surface area contributed by atoms with Crippen molar-refractivity contribution in [1.29, 1.82) is 0 Å². The first-order valence-corrected chi connectivity index (χ1v) is 7.60. The van der Waals surface area contributed by atoms with E-state index in [4.69, 9.17) is 14.2 Å². The van der Waals surface area contributed by atoms with E-state index < -0.39 is 0 Å². The molecule has 108 valence electrons. The average molecular weight is 258 g/mol. The molecule has 1 heterocycles. The van der Waals surface area contributed by atoms with E-state index in [2.05, 4.69) is 6.92 Å². The van der Waals surface area contributed by atoms with Gasteiger partial charge in [0.2, 0.25) is 0 Å². The van der Waals surface area contributed by atoms with Gasteiger partial charge in [0.1, 0.15) is 6.10 Å². The molecule has 3 heteroatoms. The van der Waals surface area contributed by atoms with Crippen molar-refractivity contribution < 1.29 is 14.2 Å². The van der Waals surface area contributed by atoms with Crippen LogP contribution in [0.15, 0.2) is 0 Å². The van der Waals surface area contributed by atoms with Crippen molar-refractivity contribution in [3.8, 4) is 0 Å². The SMILES string of the molecule is CCCCCCCCCC1O[C@@H]1COCCOC. The Morgan fingerprint density at radius 2 is 1.61 bits per heavy atom. The summed E-state index contributed by atoms with van der Waals surface area (Å²) >= 11 is 0. The number of hydrogen-bond acceptors (Lipinski definition) is 3. The van der Waals surface area contributed by atoms with Crippen LogP contribution in [-0.2, 0) is 14.2 Å². The molecule has 0 aliphatic carbocycles. The van der Waals surface area contributed by atoms with Crippen LogP contribution in [-0.4, -0.2) is 39.1 Å². The molecule has 3 nitrogen and oxygen atoms in total. The van der Waals surface area contributed by atoms with Gasteiger partial charge in [0.25, 0.3) is 0 Å². The van der Waals surface area contributed by atoms with Crippen molar-refractivity contribution >= 4 is 0 Å². The quantitative estimate of drug-likeness (QED) is 0.374. The molecular formula is C15H30O3. The second kappa shape index (κ2) is 10.8. The van der Waals surface area contributed by atoms with Gasteiger partial charge >= 0.3 is 0 Å². The second-order valence-electron chi connectivity index (χ2n) is 5.19. The van der Waals surface area contributed by atoms with E-state index in [0.29, 0.717) is 25.4 Å². The fourth-order valence-corrected chi connectivity index (χ4v) is 2.22. The Labute approximate surface area is 112 Å². The van der Waals surface area contributed by atoms with Crippen LogP contribution < -0.4 is 0 Å². The Morgan fingerprint density at radius 1 is 0.889 bits per heavy atom. The highest BCUT2D eigenvalue weighted by Gasteiger charge is 2.37. The summed E-state index contributed by atoms with van der Waals surface area (Å²) in [6.45, 7) is 4.36. The van der Waals surface area contributed by atoms with E-state index in [1.165, 1.54) is 51.4 Å². The molecule has 0 aromatic heterocycles. The average Bonchev–Trinajstić information content (AvgIpc) is 3.12. The maximum atomic E-state index is 5.58. The normalized spacial score (nSPS) is 22.3. The minimum Gasteiger partial charge on any atom is -0.382 e.